The highest BCUT2D eigenvalue weighted by Gasteiger charge is 2.21. The molecule has 5 rings (SSSR count). The largest absolute Gasteiger partial charge is 0.365 e. The van der Waals surface area contributed by atoms with Crippen LogP contribution in [0.2, 0.25) is 5.02 Å². The van der Waals surface area contributed by atoms with Crippen LogP contribution in [0.5, 0.6) is 0 Å². The standard InChI is InChI=1S/C21H20ClN5S/c22-15-9-7-14(8-10-15)12-19-25-21-24-18-6-2-1-5-17(18)20(27(21)26-19)23-13-16-4-3-11-28-16/h3-4,7-11,23H,1-2,5-6,12-13H2. The molecule has 0 atom stereocenters. The Labute approximate surface area is 172 Å². The molecule has 0 amide bonds. The van der Waals surface area contributed by atoms with Crippen molar-refractivity contribution in [2.24, 2.45) is 0 Å². The van der Waals surface area contributed by atoms with E-state index in [1.54, 1.807) is 11.3 Å². The van der Waals surface area contributed by atoms with Gasteiger partial charge in [0.15, 0.2) is 5.82 Å². The maximum absolute atomic E-state index is 6.00. The monoisotopic (exact) mass is 409 g/mol. The molecule has 0 spiro atoms. The SMILES string of the molecule is Clc1ccc(Cc2nc3nc4c(c(NCc5cccs5)n3n2)CCCC4)cc1. The van der Waals surface area contributed by atoms with E-state index in [0.29, 0.717) is 12.2 Å². The number of rotatable bonds is 5. The molecular weight excluding hydrogens is 390 g/mol. The Morgan fingerprint density at radius 1 is 1.07 bits per heavy atom. The molecule has 0 fully saturated rings. The molecule has 3 heterocycles. The molecule has 7 heteroatoms. The van der Waals surface area contributed by atoms with Crippen LogP contribution in [0.4, 0.5) is 5.82 Å². The first-order valence-electron chi connectivity index (χ1n) is 9.54. The van der Waals surface area contributed by atoms with Crippen LogP contribution in [0.25, 0.3) is 5.78 Å². The van der Waals surface area contributed by atoms with Gasteiger partial charge in [0, 0.05) is 21.9 Å². The Morgan fingerprint density at radius 3 is 2.75 bits per heavy atom. The summed E-state index contributed by atoms with van der Waals surface area (Å²) in [5.41, 5.74) is 3.59. The van der Waals surface area contributed by atoms with Crippen molar-refractivity contribution >= 4 is 34.5 Å². The van der Waals surface area contributed by atoms with Gasteiger partial charge in [-0.3, -0.25) is 0 Å². The normalized spacial score (nSPS) is 13.6. The van der Waals surface area contributed by atoms with Gasteiger partial charge in [0.25, 0.3) is 5.78 Å². The molecule has 1 N–H and O–H groups in total. The lowest BCUT2D eigenvalue weighted by Crippen LogP contribution is -2.15. The number of nitrogens with zero attached hydrogens (tertiary/aromatic N) is 4. The highest BCUT2D eigenvalue weighted by atomic mass is 35.5. The summed E-state index contributed by atoms with van der Waals surface area (Å²) in [7, 11) is 0. The van der Waals surface area contributed by atoms with Gasteiger partial charge in [-0.1, -0.05) is 29.8 Å². The summed E-state index contributed by atoms with van der Waals surface area (Å²) in [6, 6.07) is 12.1. The van der Waals surface area contributed by atoms with Crippen molar-refractivity contribution in [2.45, 2.75) is 38.6 Å². The number of benzene rings is 1. The first kappa shape index (κ1) is 17.6. The van der Waals surface area contributed by atoms with Crippen LogP contribution < -0.4 is 5.32 Å². The van der Waals surface area contributed by atoms with E-state index in [1.807, 2.05) is 28.8 Å². The average Bonchev–Trinajstić information content (AvgIpc) is 3.36. The Hall–Kier alpha value is -2.44. The minimum Gasteiger partial charge on any atom is -0.365 e. The molecule has 0 saturated carbocycles. The van der Waals surface area contributed by atoms with Crippen molar-refractivity contribution in [1.29, 1.82) is 0 Å². The molecule has 0 aliphatic heterocycles. The Balaban J connectivity index is 1.52. The second kappa shape index (κ2) is 7.53. The van der Waals surface area contributed by atoms with Gasteiger partial charge in [-0.25, -0.2) is 4.98 Å². The van der Waals surface area contributed by atoms with E-state index in [4.69, 9.17) is 26.7 Å². The second-order valence-electron chi connectivity index (χ2n) is 7.07. The number of thiophene rings is 1. The fourth-order valence-corrected chi connectivity index (χ4v) is 4.48. The zero-order valence-electron chi connectivity index (χ0n) is 15.4. The van der Waals surface area contributed by atoms with E-state index in [0.717, 1.165) is 47.3 Å². The predicted molar refractivity (Wildman–Crippen MR) is 113 cm³/mol. The number of aromatic nitrogens is 4. The van der Waals surface area contributed by atoms with Crippen LogP contribution >= 0.6 is 22.9 Å². The van der Waals surface area contributed by atoms with Crippen molar-refractivity contribution in [3.8, 4) is 0 Å². The van der Waals surface area contributed by atoms with Crippen molar-refractivity contribution in [3.05, 3.63) is 74.3 Å². The van der Waals surface area contributed by atoms with Crippen molar-refractivity contribution in [3.63, 3.8) is 0 Å². The topological polar surface area (TPSA) is 55.1 Å². The summed E-state index contributed by atoms with van der Waals surface area (Å²) in [5, 5.41) is 11.2. The predicted octanol–water partition coefficient (Wildman–Crippen LogP) is 4.92. The molecule has 5 nitrogen and oxygen atoms in total. The van der Waals surface area contributed by atoms with E-state index in [-0.39, 0.29) is 0 Å². The lowest BCUT2D eigenvalue weighted by atomic mass is 9.96. The smallest absolute Gasteiger partial charge is 0.254 e. The first-order valence-corrected chi connectivity index (χ1v) is 10.8. The van der Waals surface area contributed by atoms with Gasteiger partial charge in [-0.15, -0.1) is 16.4 Å². The van der Waals surface area contributed by atoms with E-state index in [2.05, 4.69) is 22.8 Å². The van der Waals surface area contributed by atoms with Crippen LogP contribution in [0.3, 0.4) is 0 Å². The summed E-state index contributed by atoms with van der Waals surface area (Å²) >= 11 is 7.76. The van der Waals surface area contributed by atoms with Crippen LogP contribution in [0.15, 0.2) is 41.8 Å². The molecule has 1 aliphatic rings. The van der Waals surface area contributed by atoms with Crippen LogP contribution in [0.1, 0.15) is 40.4 Å². The first-order chi connectivity index (χ1) is 13.8. The zero-order chi connectivity index (χ0) is 18.9. The highest BCUT2D eigenvalue weighted by Crippen LogP contribution is 2.28. The fraction of sp³-hybridized carbons (Fsp3) is 0.286. The Kier molecular flexibility index (Phi) is 4.74. The van der Waals surface area contributed by atoms with Crippen molar-refractivity contribution in [2.75, 3.05) is 5.32 Å². The second-order valence-corrected chi connectivity index (χ2v) is 8.54. The Bertz CT molecular complexity index is 1100. The number of aryl methyl sites for hydroxylation is 1. The summed E-state index contributed by atoms with van der Waals surface area (Å²) in [4.78, 5) is 10.8. The molecule has 4 aromatic rings. The Morgan fingerprint density at radius 2 is 1.93 bits per heavy atom. The molecule has 0 saturated heterocycles. The minimum atomic E-state index is 0.662. The maximum Gasteiger partial charge on any atom is 0.254 e. The maximum atomic E-state index is 6.00. The average molecular weight is 410 g/mol. The quantitative estimate of drug-likeness (QED) is 0.508. The third-order valence-corrected chi connectivity index (χ3v) is 6.22. The molecule has 3 aromatic heterocycles. The van der Waals surface area contributed by atoms with Gasteiger partial charge < -0.3 is 5.32 Å². The minimum absolute atomic E-state index is 0.662. The summed E-state index contributed by atoms with van der Waals surface area (Å²) in [5.74, 6) is 2.50. The molecule has 0 bridgehead atoms. The van der Waals surface area contributed by atoms with Gasteiger partial charge in [0.2, 0.25) is 0 Å². The number of anilines is 1. The number of hydrogen-bond donors (Lipinski definition) is 1. The third kappa shape index (κ3) is 3.50. The van der Waals surface area contributed by atoms with E-state index in [1.165, 1.54) is 23.3 Å². The van der Waals surface area contributed by atoms with Gasteiger partial charge in [-0.05, 0) is 54.8 Å². The summed E-state index contributed by atoms with van der Waals surface area (Å²) in [6.07, 6.45) is 5.10. The number of hydrogen-bond acceptors (Lipinski definition) is 5. The van der Waals surface area contributed by atoms with Gasteiger partial charge in [-0.2, -0.15) is 9.50 Å². The summed E-state index contributed by atoms with van der Waals surface area (Å²) < 4.78 is 1.89. The van der Waals surface area contributed by atoms with Gasteiger partial charge in [0.05, 0.1) is 12.2 Å². The number of halogens is 1. The van der Waals surface area contributed by atoms with Gasteiger partial charge >= 0.3 is 0 Å². The molecule has 0 unspecified atom stereocenters. The van der Waals surface area contributed by atoms with Crippen molar-refractivity contribution in [1.82, 2.24) is 19.6 Å². The van der Waals surface area contributed by atoms with Crippen molar-refractivity contribution < 1.29 is 0 Å². The molecule has 0 radical (unpaired) electrons. The lowest BCUT2D eigenvalue weighted by molar-refractivity contribution is 0.660. The fourth-order valence-electron chi connectivity index (χ4n) is 3.71. The van der Waals surface area contributed by atoms with Gasteiger partial charge in [0.1, 0.15) is 5.82 Å². The molecule has 1 aromatic carbocycles. The van der Waals surface area contributed by atoms with Crippen LogP contribution in [0, 0.1) is 0 Å². The molecule has 142 valence electrons. The molecule has 28 heavy (non-hydrogen) atoms. The van der Waals surface area contributed by atoms with E-state index < -0.39 is 0 Å². The lowest BCUT2D eigenvalue weighted by Gasteiger charge is -2.19. The van der Waals surface area contributed by atoms with Crippen LogP contribution in [-0.4, -0.2) is 19.6 Å². The number of nitrogens with one attached hydrogen (secondary N) is 1. The molecule has 1 aliphatic carbocycles. The number of fused-ring (bicyclic) bond motifs is 2. The van der Waals surface area contributed by atoms with E-state index >= 15 is 0 Å². The van der Waals surface area contributed by atoms with E-state index in [9.17, 15) is 0 Å². The highest BCUT2D eigenvalue weighted by molar-refractivity contribution is 7.09. The summed E-state index contributed by atoms with van der Waals surface area (Å²) in [6.45, 7) is 0.787. The zero-order valence-corrected chi connectivity index (χ0v) is 16.9. The third-order valence-electron chi connectivity index (χ3n) is 5.09. The van der Waals surface area contributed by atoms with Crippen LogP contribution in [-0.2, 0) is 25.8 Å². The molecular formula is C21H20ClN5S.